The topological polar surface area (TPSA) is 15.3 Å². The average molecular weight is 343 g/mol. The maximum Gasteiger partial charge on any atom is 0.123 e. The molecular weight excluding hydrogens is 319 g/mol. The van der Waals surface area contributed by atoms with Gasteiger partial charge in [0.25, 0.3) is 0 Å². The van der Waals surface area contributed by atoms with Gasteiger partial charge >= 0.3 is 0 Å². The zero-order valence-corrected chi connectivity index (χ0v) is 13.9. The molecule has 1 atom stereocenters. The third-order valence-corrected chi connectivity index (χ3v) is 4.78. The minimum Gasteiger partial charge on any atom is -0.316 e. The molecule has 0 aromatic heterocycles. The standard InChI is InChI=1S/C16H24BrFN2/c1-12(2)20(10-13-4-3-7-19-9-13)11-14-8-15(18)5-6-16(14)17/h5-6,8,12-13,19H,3-4,7,9-11H2,1-2H3. The van der Waals surface area contributed by atoms with E-state index in [2.05, 4.69) is 40.0 Å². The minimum absolute atomic E-state index is 0.161. The van der Waals surface area contributed by atoms with Crippen LogP contribution < -0.4 is 5.32 Å². The second-order valence-electron chi connectivity index (χ2n) is 5.97. The maximum atomic E-state index is 13.4. The van der Waals surface area contributed by atoms with E-state index in [0.717, 1.165) is 36.2 Å². The molecule has 2 rings (SSSR count). The van der Waals surface area contributed by atoms with Crippen molar-refractivity contribution in [2.24, 2.45) is 5.92 Å². The maximum absolute atomic E-state index is 13.4. The van der Waals surface area contributed by atoms with Crippen LogP contribution in [0, 0.1) is 11.7 Å². The Labute approximate surface area is 129 Å². The quantitative estimate of drug-likeness (QED) is 0.875. The Morgan fingerprint density at radius 3 is 2.90 bits per heavy atom. The molecular formula is C16H24BrFN2. The molecule has 4 heteroatoms. The van der Waals surface area contributed by atoms with Crippen molar-refractivity contribution in [3.8, 4) is 0 Å². The number of hydrogen-bond acceptors (Lipinski definition) is 2. The van der Waals surface area contributed by atoms with Crippen molar-refractivity contribution in [2.75, 3.05) is 19.6 Å². The molecule has 112 valence electrons. The number of nitrogens with one attached hydrogen (secondary N) is 1. The van der Waals surface area contributed by atoms with Gasteiger partial charge in [-0.15, -0.1) is 0 Å². The first kappa shape index (κ1) is 15.9. The monoisotopic (exact) mass is 342 g/mol. The SMILES string of the molecule is CC(C)N(Cc1cc(F)ccc1Br)CC1CCCNC1. The van der Waals surface area contributed by atoms with Crippen LogP contribution in [0.3, 0.4) is 0 Å². The van der Waals surface area contributed by atoms with Crippen molar-refractivity contribution in [3.63, 3.8) is 0 Å². The predicted octanol–water partition coefficient (Wildman–Crippen LogP) is 3.80. The molecule has 0 amide bonds. The zero-order valence-electron chi connectivity index (χ0n) is 12.3. The van der Waals surface area contributed by atoms with E-state index < -0.39 is 0 Å². The third-order valence-electron chi connectivity index (χ3n) is 4.00. The van der Waals surface area contributed by atoms with Crippen molar-refractivity contribution in [2.45, 2.75) is 39.3 Å². The molecule has 0 spiro atoms. The van der Waals surface area contributed by atoms with E-state index in [9.17, 15) is 4.39 Å². The van der Waals surface area contributed by atoms with Crippen LogP contribution in [0.5, 0.6) is 0 Å². The molecule has 0 aliphatic carbocycles. The summed E-state index contributed by atoms with van der Waals surface area (Å²) in [6.45, 7) is 8.55. The molecule has 1 unspecified atom stereocenters. The fourth-order valence-electron chi connectivity index (χ4n) is 2.75. The summed E-state index contributed by atoms with van der Waals surface area (Å²) in [6.07, 6.45) is 2.56. The Kier molecular flexibility index (Phi) is 6.00. The minimum atomic E-state index is -0.161. The van der Waals surface area contributed by atoms with Gasteiger partial charge in [0, 0.05) is 23.6 Å². The van der Waals surface area contributed by atoms with Gasteiger partial charge < -0.3 is 5.32 Å². The molecule has 1 aliphatic rings. The summed E-state index contributed by atoms with van der Waals surface area (Å²) in [4.78, 5) is 2.44. The van der Waals surface area contributed by atoms with E-state index in [-0.39, 0.29) is 5.82 Å². The Bertz CT molecular complexity index is 430. The molecule has 1 heterocycles. The number of nitrogens with zero attached hydrogens (tertiary/aromatic N) is 1. The molecule has 1 aliphatic heterocycles. The van der Waals surface area contributed by atoms with Crippen molar-refractivity contribution >= 4 is 15.9 Å². The van der Waals surface area contributed by atoms with Crippen molar-refractivity contribution in [1.29, 1.82) is 0 Å². The Hall–Kier alpha value is -0.450. The number of hydrogen-bond donors (Lipinski definition) is 1. The predicted molar refractivity (Wildman–Crippen MR) is 85.2 cm³/mol. The molecule has 0 bridgehead atoms. The second-order valence-corrected chi connectivity index (χ2v) is 6.83. The normalized spacial score (nSPS) is 19.8. The van der Waals surface area contributed by atoms with E-state index in [1.54, 1.807) is 12.1 Å². The molecule has 1 N–H and O–H groups in total. The van der Waals surface area contributed by atoms with Gasteiger partial charge in [0.15, 0.2) is 0 Å². The van der Waals surface area contributed by atoms with Crippen LogP contribution in [0.2, 0.25) is 0 Å². The zero-order chi connectivity index (χ0) is 14.5. The lowest BCUT2D eigenvalue weighted by Crippen LogP contribution is -2.40. The van der Waals surface area contributed by atoms with E-state index in [1.807, 2.05) is 0 Å². The highest BCUT2D eigenvalue weighted by atomic mass is 79.9. The van der Waals surface area contributed by atoms with Gasteiger partial charge in [-0.25, -0.2) is 4.39 Å². The number of piperidine rings is 1. The van der Waals surface area contributed by atoms with Crippen LogP contribution in [0.25, 0.3) is 0 Å². The summed E-state index contributed by atoms with van der Waals surface area (Å²) < 4.78 is 14.4. The van der Waals surface area contributed by atoms with Gasteiger partial charge in [-0.05, 0) is 69.5 Å². The van der Waals surface area contributed by atoms with E-state index in [0.29, 0.717) is 12.0 Å². The van der Waals surface area contributed by atoms with E-state index >= 15 is 0 Å². The van der Waals surface area contributed by atoms with Gasteiger partial charge in [0.2, 0.25) is 0 Å². The summed E-state index contributed by atoms with van der Waals surface area (Å²) >= 11 is 3.53. The molecule has 1 fully saturated rings. The summed E-state index contributed by atoms with van der Waals surface area (Å²) in [7, 11) is 0. The van der Waals surface area contributed by atoms with Crippen LogP contribution in [0.1, 0.15) is 32.3 Å². The molecule has 0 saturated carbocycles. The fourth-order valence-corrected chi connectivity index (χ4v) is 3.12. The molecule has 1 saturated heterocycles. The molecule has 1 aromatic carbocycles. The lowest BCUT2D eigenvalue weighted by molar-refractivity contribution is 0.163. The van der Waals surface area contributed by atoms with Crippen LogP contribution in [-0.4, -0.2) is 30.6 Å². The van der Waals surface area contributed by atoms with Gasteiger partial charge in [-0.1, -0.05) is 15.9 Å². The second kappa shape index (κ2) is 7.53. The first-order valence-corrected chi connectivity index (χ1v) is 8.24. The van der Waals surface area contributed by atoms with E-state index in [1.165, 1.54) is 18.9 Å². The summed E-state index contributed by atoms with van der Waals surface area (Å²) in [5, 5.41) is 3.47. The van der Waals surface area contributed by atoms with Gasteiger partial charge in [0.1, 0.15) is 5.82 Å². The summed E-state index contributed by atoms with van der Waals surface area (Å²) in [6, 6.07) is 5.40. The molecule has 1 aromatic rings. The van der Waals surface area contributed by atoms with E-state index in [4.69, 9.17) is 0 Å². The highest BCUT2D eigenvalue weighted by molar-refractivity contribution is 9.10. The number of rotatable bonds is 5. The van der Waals surface area contributed by atoms with Gasteiger partial charge in [0.05, 0.1) is 0 Å². The van der Waals surface area contributed by atoms with Crippen LogP contribution >= 0.6 is 15.9 Å². The average Bonchev–Trinajstić information content (AvgIpc) is 2.43. The number of benzene rings is 1. The number of halogens is 2. The van der Waals surface area contributed by atoms with Gasteiger partial charge in [-0.3, -0.25) is 4.90 Å². The van der Waals surface area contributed by atoms with Crippen molar-refractivity contribution in [1.82, 2.24) is 10.2 Å². The Morgan fingerprint density at radius 1 is 1.45 bits per heavy atom. The third kappa shape index (κ3) is 4.54. The van der Waals surface area contributed by atoms with Crippen LogP contribution in [-0.2, 0) is 6.54 Å². The van der Waals surface area contributed by atoms with Crippen LogP contribution in [0.4, 0.5) is 4.39 Å². The van der Waals surface area contributed by atoms with Gasteiger partial charge in [-0.2, -0.15) is 0 Å². The molecule has 2 nitrogen and oxygen atoms in total. The lowest BCUT2D eigenvalue weighted by atomic mass is 9.98. The summed E-state index contributed by atoms with van der Waals surface area (Å²) in [5.41, 5.74) is 1.03. The largest absolute Gasteiger partial charge is 0.316 e. The first-order valence-electron chi connectivity index (χ1n) is 7.45. The van der Waals surface area contributed by atoms with Crippen molar-refractivity contribution < 1.29 is 4.39 Å². The first-order chi connectivity index (χ1) is 9.56. The smallest absolute Gasteiger partial charge is 0.123 e. The summed E-state index contributed by atoms with van der Waals surface area (Å²) in [5.74, 6) is 0.546. The van der Waals surface area contributed by atoms with Crippen LogP contribution in [0.15, 0.2) is 22.7 Å². The lowest BCUT2D eigenvalue weighted by Gasteiger charge is -2.33. The fraction of sp³-hybridized carbons (Fsp3) is 0.625. The molecule has 0 radical (unpaired) electrons. The van der Waals surface area contributed by atoms with Crippen molar-refractivity contribution in [3.05, 3.63) is 34.1 Å². The molecule has 20 heavy (non-hydrogen) atoms. The Morgan fingerprint density at radius 2 is 2.25 bits per heavy atom. The Balaban J connectivity index is 2.02. The highest BCUT2D eigenvalue weighted by Crippen LogP contribution is 2.22. The highest BCUT2D eigenvalue weighted by Gasteiger charge is 2.19.